The van der Waals surface area contributed by atoms with E-state index < -0.39 is 0 Å². The molecule has 0 saturated heterocycles. The van der Waals surface area contributed by atoms with Gasteiger partial charge in [-0.25, -0.2) is 4.98 Å². The lowest BCUT2D eigenvalue weighted by atomic mass is 10.1. The summed E-state index contributed by atoms with van der Waals surface area (Å²) in [6, 6.07) is 4.16. The van der Waals surface area contributed by atoms with Gasteiger partial charge in [-0.3, -0.25) is 0 Å². The van der Waals surface area contributed by atoms with Crippen LogP contribution in [0.15, 0.2) is 24.7 Å². The van der Waals surface area contributed by atoms with Gasteiger partial charge in [0.05, 0.1) is 17.5 Å². The van der Waals surface area contributed by atoms with Crippen LogP contribution >= 0.6 is 0 Å². The highest BCUT2D eigenvalue weighted by atomic mass is 15.0. The molecule has 0 radical (unpaired) electrons. The third-order valence-corrected chi connectivity index (χ3v) is 3.07. The number of aromatic nitrogens is 2. The Labute approximate surface area is 82.6 Å². The molecule has 2 N–H and O–H groups in total. The van der Waals surface area contributed by atoms with Gasteiger partial charge in [-0.15, -0.1) is 0 Å². The van der Waals surface area contributed by atoms with Crippen molar-refractivity contribution in [1.82, 2.24) is 9.38 Å². The van der Waals surface area contributed by atoms with E-state index in [1.807, 2.05) is 25.5 Å². The molecule has 0 aliphatic heterocycles. The Morgan fingerprint density at radius 3 is 3.00 bits per heavy atom. The molecule has 2 heterocycles. The van der Waals surface area contributed by atoms with Crippen LogP contribution in [0.5, 0.6) is 0 Å². The number of fused-ring (bicyclic) bond motifs is 1. The van der Waals surface area contributed by atoms with Gasteiger partial charge in [0.2, 0.25) is 0 Å². The summed E-state index contributed by atoms with van der Waals surface area (Å²) in [5, 5.41) is 0. The van der Waals surface area contributed by atoms with E-state index in [0.717, 1.165) is 18.5 Å². The number of aryl methyl sites for hydroxylation is 1. The molecule has 1 saturated carbocycles. The van der Waals surface area contributed by atoms with Crippen molar-refractivity contribution in [3.05, 3.63) is 35.9 Å². The van der Waals surface area contributed by atoms with E-state index in [4.69, 9.17) is 5.73 Å². The van der Waals surface area contributed by atoms with E-state index in [9.17, 15) is 0 Å². The molecular formula is C11H13N3. The van der Waals surface area contributed by atoms with Crippen molar-refractivity contribution in [3.8, 4) is 0 Å². The molecule has 0 bridgehead atoms. The zero-order valence-corrected chi connectivity index (χ0v) is 8.20. The number of hydrogen-bond acceptors (Lipinski definition) is 2. The molecule has 2 aromatic heterocycles. The summed E-state index contributed by atoms with van der Waals surface area (Å²) in [6.45, 7) is 2.03. The number of pyridine rings is 1. The summed E-state index contributed by atoms with van der Waals surface area (Å²) in [7, 11) is 0. The summed E-state index contributed by atoms with van der Waals surface area (Å²) >= 11 is 0. The number of nitrogens with zero attached hydrogens (tertiary/aromatic N) is 2. The van der Waals surface area contributed by atoms with Gasteiger partial charge in [0.15, 0.2) is 0 Å². The summed E-state index contributed by atoms with van der Waals surface area (Å²) in [5.74, 6) is 0. The molecule has 1 aliphatic rings. The molecule has 1 aliphatic carbocycles. The molecule has 2 aromatic rings. The summed E-state index contributed by atoms with van der Waals surface area (Å²) in [4.78, 5) is 4.31. The van der Waals surface area contributed by atoms with E-state index in [-0.39, 0.29) is 5.54 Å². The molecule has 72 valence electrons. The highest BCUT2D eigenvalue weighted by Crippen LogP contribution is 2.44. The predicted octanol–water partition coefficient (Wildman–Crippen LogP) is 1.59. The molecule has 1 fully saturated rings. The Hall–Kier alpha value is -1.35. The van der Waals surface area contributed by atoms with Gasteiger partial charge in [0.1, 0.15) is 0 Å². The first kappa shape index (κ1) is 8.00. The Morgan fingerprint density at radius 1 is 1.50 bits per heavy atom. The van der Waals surface area contributed by atoms with Gasteiger partial charge in [0, 0.05) is 11.7 Å². The Bertz CT molecular complexity index is 494. The third kappa shape index (κ3) is 0.930. The minimum Gasteiger partial charge on any atom is -0.321 e. The minimum absolute atomic E-state index is 0.0761. The smallest absolute Gasteiger partial charge is 0.0995 e. The van der Waals surface area contributed by atoms with Crippen molar-refractivity contribution in [2.24, 2.45) is 5.73 Å². The van der Waals surface area contributed by atoms with E-state index in [0.29, 0.717) is 0 Å². The van der Waals surface area contributed by atoms with Crippen molar-refractivity contribution in [2.75, 3.05) is 0 Å². The van der Waals surface area contributed by atoms with Crippen molar-refractivity contribution in [3.63, 3.8) is 0 Å². The predicted molar refractivity (Wildman–Crippen MR) is 55.0 cm³/mol. The van der Waals surface area contributed by atoms with Gasteiger partial charge in [-0.2, -0.15) is 0 Å². The normalized spacial score (nSPS) is 18.7. The zero-order valence-electron chi connectivity index (χ0n) is 8.20. The van der Waals surface area contributed by atoms with Crippen molar-refractivity contribution in [2.45, 2.75) is 25.3 Å². The van der Waals surface area contributed by atoms with E-state index in [2.05, 4.69) is 15.5 Å². The lowest BCUT2D eigenvalue weighted by molar-refractivity contribution is 0.742. The first-order chi connectivity index (χ1) is 6.71. The van der Waals surface area contributed by atoms with Gasteiger partial charge >= 0.3 is 0 Å². The maximum Gasteiger partial charge on any atom is 0.0995 e. The average molecular weight is 187 g/mol. The maximum atomic E-state index is 6.22. The van der Waals surface area contributed by atoms with E-state index in [1.165, 1.54) is 11.1 Å². The van der Waals surface area contributed by atoms with Crippen molar-refractivity contribution < 1.29 is 0 Å². The molecule has 0 aromatic carbocycles. The number of imidazole rings is 1. The summed E-state index contributed by atoms with van der Waals surface area (Å²) in [6.07, 6.45) is 6.05. The molecule has 3 rings (SSSR count). The van der Waals surface area contributed by atoms with Crippen LogP contribution in [0.4, 0.5) is 0 Å². The van der Waals surface area contributed by atoms with Crippen LogP contribution in [-0.4, -0.2) is 9.38 Å². The lowest BCUT2D eigenvalue weighted by Crippen LogP contribution is -2.19. The number of hydrogen-bond donors (Lipinski definition) is 1. The Balaban J connectivity index is 2.37. The van der Waals surface area contributed by atoms with E-state index >= 15 is 0 Å². The highest BCUT2D eigenvalue weighted by Gasteiger charge is 2.41. The molecule has 14 heavy (non-hydrogen) atoms. The maximum absolute atomic E-state index is 6.22. The van der Waals surface area contributed by atoms with E-state index in [1.54, 1.807) is 0 Å². The van der Waals surface area contributed by atoms with Crippen LogP contribution in [0.2, 0.25) is 0 Å². The monoisotopic (exact) mass is 187 g/mol. The third-order valence-electron chi connectivity index (χ3n) is 3.07. The average Bonchev–Trinajstić information content (AvgIpc) is 2.83. The summed E-state index contributed by atoms with van der Waals surface area (Å²) < 4.78 is 2.05. The Kier molecular flexibility index (Phi) is 1.35. The fourth-order valence-electron chi connectivity index (χ4n) is 2.02. The zero-order chi connectivity index (χ0) is 9.76. The van der Waals surface area contributed by atoms with Crippen molar-refractivity contribution in [1.29, 1.82) is 0 Å². The van der Waals surface area contributed by atoms with Crippen LogP contribution in [0.3, 0.4) is 0 Å². The Morgan fingerprint density at radius 2 is 2.29 bits per heavy atom. The van der Waals surface area contributed by atoms with Crippen LogP contribution < -0.4 is 5.73 Å². The molecule has 0 atom stereocenters. The number of rotatable bonds is 1. The second kappa shape index (κ2) is 2.36. The highest BCUT2D eigenvalue weighted by molar-refractivity contribution is 5.62. The van der Waals surface area contributed by atoms with Gasteiger partial charge in [0.25, 0.3) is 0 Å². The van der Waals surface area contributed by atoms with Gasteiger partial charge in [-0.05, 0) is 31.4 Å². The topological polar surface area (TPSA) is 43.3 Å². The molecule has 3 heteroatoms. The SMILES string of the molecule is Cc1ncn2cccc(C3(N)CC3)c12. The van der Waals surface area contributed by atoms with Crippen LogP contribution in [-0.2, 0) is 5.54 Å². The second-order valence-electron chi connectivity index (χ2n) is 4.16. The van der Waals surface area contributed by atoms with Gasteiger partial charge < -0.3 is 10.1 Å². The fraction of sp³-hybridized carbons (Fsp3) is 0.364. The van der Waals surface area contributed by atoms with Crippen LogP contribution in [0.25, 0.3) is 5.52 Å². The van der Waals surface area contributed by atoms with Crippen molar-refractivity contribution >= 4 is 5.52 Å². The second-order valence-corrected chi connectivity index (χ2v) is 4.16. The van der Waals surface area contributed by atoms with Crippen LogP contribution in [0.1, 0.15) is 24.1 Å². The molecule has 0 amide bonds. The summed E-state index contributed by atoms with van der Waals surface area (Å²) in [5.41, 5.74) is 9.64. The fourth-order valence-corrected chi connectivity index (χ4v) is 2.02. The molecule has 3 nitrogen and oxygen atoms in total. The first-order valence-electron chi connectivity index (χ1n) is 4.92. The first-order valence-corrected chi connectivity index (χ1v) is 4.92. The molecular weight excluding hydrogens is 174 g/mol. The lowest BCUT2D eigenvalue weighted by Gasteiger charge is -2.11. The largest absolute Gasteiger partial charge is 0.321 e. The minimum atomic E-state index is -0.0761. The van der Waals surface area contributed by atoms with Crippen LogP contribution in [0, 0.1) is 6.92 Å². The number of nitrogens with two attached hydrogens (primary N) is 1. The molecule has 0 unspecified atom stereocenters. The van der Waals surface area contributed by atoms with Gasteiger partial charge in [-0.1, -0.05) is 6.07 Å². The quantitative estimate of drug-likeness (QED) is 0.736. The molecule has 0 spiro atoms. The standard InChI is InChI=1S/C11H13N3/c1-8-10-9(11(12)4-5-11)3-2-6-14(10)7-13-8/h2-3,6-7H,4-5,12H2,1H3.